The van der Waals surface area contributed by atoms with Crippen molar-refractivity contribution in [3.05, 3.63) is 78.1 Å². The van der Waals surface area contributed by atoms with Crippen LogP contribution in [-0.2, 0) is 21.7 Å². The first-order chi connectivity index (χ1) is 16.9. The van der Waals surface area contributed by atoms with Crippen molar-refractivity contribution < 1.29 is 31.1 Å². The summed E-state index contributed by atoms with van der Waals surface area (Å²) in [6, 6.07) is 11.8. The van der Waals surface area contributed by atoms with E-state index >= 15 is 0 Å². The topological polar surface area (TPSA) is 87.6 Å². The zero-order chi connectivity index (χ0) is 26.5. The first-order valence-electron chi connectivity index (χ1n) is 10.8. The number of amides is 1. The number of aromatic nitrogens is 2. The normalized spacial score (nSPS) is 14.5. The van der Waals surface area contributed by atoms with Gasteiger partial charge in [0.2, 0.25) is 11.7 Å². The Bertz CT molecular complexity index is 1180. The number of alkyl halides is 3. The molecule has 0 radical (unpaired) electrons. The third kappa shape index (κ3) is 6.58. The molecule has 0 bridgehead atoms. The van der Waals surface area contributed by atoms with Crippen LogP contribution in [0.1, 0.15) is 25.2 Å². The van der Waals surface area contributed by atoms with E-state index in [1.165, 1.54) is 35.7 Å². The number of nitrogens with zero attached hydrogens (tertiary/aromatic N) is 3. The van der Waals surface area contributed by atoms with E-state index in [1.807, 2.05) is 0 Å². The van der Waals surface area contributed by atoms with Crippen LogP contribution in [0, 0.1) is 5.82 Å². The number of hydrogen-bond acceptors (Lipinski definition) is 6. The summed E-state index contributed by atoms with van der Waals surface area (Å²) in [7, 11) is -1.71. The van der Waals surface area contributed by atoms with Crippen LogP contribution in [0.25, 0.3) is 11.1 Å². The smallest absolute Gasteiger partial charge is 0.351 e. The maximum atomic E-state index is 13.4. The summed E-state index contributed by atoms with van der Waals surface area (Å²) in [6.07, 6.45) is -2.43. The van der Waals surface area contributed by atoms with Gasteiger partial charge in [0.25, 0.3) is 0 Å². The molecule has 1 amide bonds. The van der Waals surface area contributed by atoms with E-state index in [-0.39, 0.29) is 19.1 Å². The molecule has 1 unspecified atom stereocenters. The highest BCUT2D eigenvalue weighted by Crippen LogP contribution is 2.56. The number of hydrogen-bond donors (Lipinski definition) is 2. The fourth-order valence-electron chi connectivity index (χ4n) is 3.38. The van der Waals surface area contributed by atoms with Crippen LogP contribution in [0.3, 0.4) is 0 Å². The Labute approximate surface area is 208 Å². The Morgan fingerprint density at radius 2 is 1.75 bits per heavy atom. The molecule has 1 heterocycles. The highest BCUT2D eigenvalue weighted by molar-refractivity contribution is 8.23. The van der Waals surface area contributed by atoms with E-state index in [0.717, 1.165) is 12.4 Å². The predicted molar refractivity (Wildman–Crippen MR) is 128 cm³/mol. The molecule has 2 N–H and O–H groups in total. The lowest BCUT2D eigenvalue weighted by atomic mass is 10.1. The van der Waals surface area contributed by atoms with Gasteiger partial charge in [0.1, 0.15) is 5.82 Å². The summed E-state index contributed by atoms with van der Waals surface area (Å²) in [5.41, 5.74) is 1.69. The Balaban J connectivity index is 1.69. The van der Waals surface area contributed by atoms with Gasteiger partial charge in [-0.25, -0.2) is 14.4 Å². The Hall–Kier alpha value is -3.06. The van der Waals surface area contributed by atoms with Gasteiger partial charge in [0.05, 0.1) is 18.6 Å². The van der Waals surface area contributed by atoms with Crippen LogP contribution < -0.4 is 5.32 Å². The van der Waals surface area contributed by atoms with E-state index < -0.39 is 34.5 Å². The second kappa shape index (κ2) is 11.3. The third-order valence-electron chi connectivity index (χ3n) is 5.20. The largest absolute Gasteiger partial charge is 0.451 e. The lowest BCUT2D eigenvalue weighted by Crippen LogP contribution is -2.42. The maximum Gasteiger partial charge on any atom is 0.451 e. The minimum atomic E-state index is -4.62. The van der Waals surface area contributed by atoms with E-state index in [1.54, 1.807) is 38.1 Å². The van der Waals surface area contributed by atoms with Gasteiger partial charge in [-0.2, -0.15) is 17.5 Å². The van der Waals surface area contributed by atoms with Crippen molar-refractivity contribution in [2.45, 2.75) is 37.5 Å². The van der Waals surface area contributed by atoms with Crippen molar-refractivity contribution in [3.8, 4) is 11.1 Å². The minimum Gasteiger partial charge on any atom is -0.351 e. The molecule has 2 aromatic carbocycles. The van der Waals surface area contributed by atoms with Gasteiger partial charge in [-0.3, -0.25) is 13.5 Å². The molecule has 0 saturated heterocycles. The monoisotopic (exact) mass is 526 g/mol. The van der Waals surface area contributed by atoms with E-state index in [2.05, 4.69) is 15.3 Å². The molecule has 0 aliphatic heterocycles. The molecule has 7 nitrogen and oxygen atoms in total. The first kappa shape index (κ1) is 27.5. The minimum absolute atomic E-state index is 0.136. The zero-order valence-corrected chi connectivity index (χ0v) is 20.6. The summed E-state index contributed by atoms with van der Waals surface area (Å²) in [5, 5.41) is 2.77. The van der Waals surface area contributed by atoms with Crippen LogP contribution in [0.4, 0.5) is 17.6 Å². The molecule has 3 aromatic rings. The standard InChI is InChI=1S/C24H26F4N4O3S/c1-16(2)32(36(34,35-3)21-9-7-20(25)8-10-21)15-22(33)29-12-17-5-4-6-18(11-17)19-13-30-23(31-14-19)24(26,27)28/h4-11,13-14,16,34H,12,15H2,1-3H3,(H,29,33). The van der Waals surface area contributed by atoms with E-state index in [4.69, 9.17) is 4.18 Å². The van der Waals surface area contributed by atoms with Gasteiger partial charge in [-0.15, -0.1) is 10.8 Å². The van der Waals surface area contributed by atoms with Crippen molar-refractivity contribution in [2.75, 3.05) is 13.7 Å². The number of carbonyl (C=O) groups excluding carboxylic acids is 1. The van der Waals surface area contributed by atoms with Gasteiger partial charge in [-0.05, 0) is 55.3 Å². The predicted octanol–water partition coefficient (Wildman–Crippen LogP) is 5.44. The number of rotatable bonds is 9. The Morgan fingerprint density at radius 3 is 2.31 bits per heavy atom. The summed E-state index contributed by atoms with van der Waals surface area (Å²) in [4.78, 5) is 19.9. The molecule has 36 heavy (non-hydrogen) atoms. The Kier molecular flexibility index (Phi) is 8.67. The summed E-state index contributed by atoms with van der Waals surface area (Å²) in [5.74, 6) is -2.07. The fraction of sp³-hybridized carbons (Fsp3) is 0.292. The summed E-state index contributed by atoms with van der Waals surface area (Å²) < 4.78 is 69.7. The van der Waals surface area contributed by atoms with Crippen molar-refractivity contribution >= 4 is 16.7 Å². The molecular formula is C24H26F4N4O3S. The fourth-order valence-corrected chi connectivity index (χ4v) is 5.39. The molecule has 1 atom stereocenters. The van der Waals surface area contributed by atoms with E-state index in [9.17, 15) is 26.9 Å². The highest BCUT2D eigenvalue weighted by Gasteiger charge is 2.34. The maximum absolute atomic E-state index is 13.4. The molecule has 0 aliphatic carbocycles. The van der Waals surface area contributed by atoms with Crippen LogP contribution in [0.2, 0.25) is 0 Å². The molecule has 12 heteroatoms. The quantitative estimate of drug-likeness (QED) is 0.361. The van der Waals surface area contributed by atoms with Crippen LogP contribution in [0.15, 0.2) is 65.8 Å². The van der Waals surface area contributed by atoms with Crippen molar-refractivity contribution in [1.82, 2.24) is 19.6 Å². The second-order valence-electron chi connectivity index (χ2n) is 8.06. The molecular weight excluding hydrogens is 500 g/mol. The van der Waals surface area contributed by atoms with Crippen LogP contribution in [0.5, 0.6) is 0 Å². The summed E-state index contributed by atoms with van der Waals surface area (Å²) >= 11 is 0. The second-order valence-corrected chi connectivity index (χ2v) is 10.3. The molecule has 0 fully saturated rings. The zero-order valence-electron chi connectivity index (χ0n) is 19.8. The lowest BCUT2D eigenvalue weighted by Gasteiger charge is -2.47. The Morgan fingerprint density at radius 1 is 1.11 bits per heavy atom. The lowest BCUT2D eigenvalue weighted by molar-refractivity contribution is -0.145. The van der Waals surface area contributed by atoms with Gasteiger partial charge < -0.3 is 5.32 Å². The van der Waals surface area contributed by atoms with Crippen LogP contribution in [-0.4, -0.2) is 44.4 Å². The SMILES string of the molecule is COS(O)(c1ccc(F)cc1)N(CC(=O)NCc1cccc(-c2cnc(C(F)(F)F)nc2)c1)C(C)C. The molecule has 0 saturated carbocycles. The molecule has 194 valence electrons. The van der Waals surface area contributed by atoms with Gasteiger partial charge in [0, 0.05) is 30.5 Å². The number of benzene rings is 2. The van der Waals surface area contributed by atoms with E-state index in [0.29, 0.717) is 21.6 Å². The molecule has 0 spiro atoms. The molecule has 3 rings (SSSR count). The van der Waals surface area contributed by atoms with Crippen molar-refractivity contribution in [1.29, 1.82) is 0 Å². The van der Waals surface area contributed by atoms with Gasteiger partial charge in [0.15, 0.2) is 0 Å². The number of halogens is 4. The molecule has 1 aromatic heterocycles. The van der Waals surface area contributed by atoms with Gasteiger partial charge >= 0.3 is 6.18 Å². The van der Waals surface area contributed by atoms with Gasteiger partial charge in [-0.1, -0.05) is 18.2 Å². The number of nitrogens with one attached hydrogen (secondary N) is 1. The van der Waals surface area contributed by atoms with Crippen molar-refractivity contribution in [2.24, 2.45) is 0 Å². The number of carbonyl (C=O) groups is 1. The average Bonchev–Trinajstić information content (AvgIpc) is 2.85. The van der Waals surface area contributed by atoms with Crippen LogP contribution >= 0.6 is 10.8 Å². The highest BCUT2D eigenvalue weighted by atomic mass is 32.3. The van der Waals surface area contributed by atoms with Crippen molar-refractivity contribution in [3.63, 3.8) is 0 Å². The first-order valence-corrected chi connectivity index (χ1v) is 12.3. The molecule has 0 aliphatic rings. The third-order valence-corrected chi connectivity index (χ3v) is 7.74. The average molecular weight is 527 g/mol. The summed E-state index contributed by atoms with van der Waals surface area (Å²) in [6.45, 7) is 3.53.